The maximum absolute atomic E-state index is 11.4. The number of hydrogen-bond acceptors (Lipinski definition) is 2. The maximum atomic E-state index is 11.4. The third-order valence-corrected chi connectivity index (χ3v) is 4.65. The SMILES string of the molecule is Cc1cc2nc(C(C)C)ccc2c(-c2ccc(Cl)cc2)c1CC(=O)O. The third-order valence-electron chi connectivity index (χ3n) is 4.40. The fourth-order valence-electron chi connectivity index (χ4n) is 3.11. The van der Waals surface area contributed by atoms with Crippen LogP contribution in [0.3, 0.4) is 0 Å². The number of fused-ring (bicyclic) bond motifs is 1. The summed E-state index contributed by atoms with van der Waals surface area (Å²) in [5, 5.41) is 11.0. The molecule has 0 aliphatic heterocycles. The van der Waals surface area contributed by atoms with Crippen molar-refractivity contribution in [1.82, 2.24) is 4.98 Å². The van der Waals surface area contributed by atoms with Gasteiger partial charge in [0.1, 0.15) is 0 Å². The summed E-state index contributed by atoms with van der Waals surface area (Å²) in [5.74, 6) is -0.508. The molecule has 1 heterocycles. The lowest BCUT2D eigenvalue weighted by Crippen LogP contribution is -2.05. The van der Waals surface area contributed by atoms with Crippen molar-refractivity contribution in [2.75, 3.05) is 0 Å². The lowest BCUT2D eigenvalue weighted by molar-refractivity contribution is -0.136. The van der Waals surface area contributed by atoms with Crippen molar-refractivity contribution in [2.24, 2.45) is 0 Å². The molecule has 0 spiro atoms. The van der Waals surface area contributed by atoms with Crippen LogP contribution in [0.5, 0.6) is 0 Å². The topological polar surface area (TPSA) is 50.2 Å². The fraction of sp³-hybridized carbons (Fsp3) is 0.238. The van der Waals surface area contributed by atoms with E-state index in [4.69, 9.17) is 16.6 Å². The van der Waals surface area contributed by atoms with Gasteiger partial charge in [-0.2, -0.15) is 0 Å². The normalized spacial score (nSPS) is 11.2. The average Bonchev–Trinajstić information content (AvgIpc) is 2.55. The van der Waals surface area contributed by atoms with Crippen molar-refractivity contribution in [3.8, 4) is 11.1 Å². The molecule has 0 saturated carbocycles. The van der Waals surface area contributed by atoms with Crippen LogP contribution in [0.25, 0.3) is 22.0 Å². The predicted octanol–water partition coefficient (Wildman–Crippen LogP) is 5.61. The Balaban J connectivity index is 2.35. The van der Waals surface area contributed by atoms with E-state index in [-0.39, 0.29) is 6.42 Å². The summed E-state index contributed by atoms with van der Waals surface area (Å²) >= 11 is 6.02. The first-order chi connectivity index (χ1) is 11.9. The van der Waals surface area contributed by atoms with E-state index in [0.29, 0.717) is 10.9 Å². The minimum absolute atomic E-state index is 0.0222. The summed E-state index contributed by atoms with van der Waals surface area (Å²) < 4.78 is 0. The first kappa shape index (κ1) is 17.4. The number of pyridine rings is 1. The summed E-state index contributed by atoms with van der Waals surface area (Å²) in [4.78, 5) is 16.2. The quantitative estimate of drug-likeness (QED) is 0.662. The van der Waals surface area contributed by atoms with E-state index in [9.17, 15) is 9.90 Å². The molecule has 0 aliphatic carbocycles. The van der Waals surface area contributed by atoms with Gasteiger partial charge in [0.2, 0.25) is 0 Å². The second-order valence-corrected chi connectivity index (χ2v) is 7.02. The summed E-state index contributed by atoms with van der Waals surface area (Å²) in [5.41, 5.74) is 5.56. The predicted molar refractivity (Wildman–Crippen MR) is 102 cm³/mol. The lowest BCUT2D eigenvalue weighted by Gasteiger charge is -2.16. The fourth-order valence-corrected chi connectivity index (χ4v) is 3.24. The number of benzene rings is 2. The molecular weight excluding hydrogens is 334 g/mol. The highest BCUT2D eigenvalue weighted by Crippen LogP contribution is 2.35. The van der Waals surface area contributed by atoms with Crippen molar-refractivity contribution in [1.29, 1.82) is 0 Å². The zero-order chi connectivity index (χ0) is 18.1. The van der Waals surface area contributed by atoms with Crippen LogP contribution < -0.4 is 0 Å². The summed E-state index contributed by atoms with van der Waals surface area (Å²) in [6.45, 7) is 6.17. The van der Waals surface area contributed by atoms with Gasteiger partial charge in [-0.1, -0.05) is 43.6 Å². The van der Waals surface area contributed by atoms with Gasteiger partial charge in [0.25, 0.3) is 0 Å². The van der Waals surface area contributed by atoms with E-state index in [0.717, 1.165) is 38.9 Å². The molecule has 0 radical (unpaired) electrons. The Morgan fingerprint density at radius 3 is 2.44 bits per heavy atom. The monoisotopic (exact) mass is 353 g/mol. The standard InChI is InChI=1S/C21H20ClNO2/c1-12(2)18-9-8-16-19(23-18)10-13(3)17(11-20(24)25)21(16)14-4-6-15(22)7-5-14/h4-10,12H,11H2,1-3H3,(H,24,25). The molecule has 1 N–H and O–H groups in total. The van der Waals surface area contributed by atoms with Gasteiger partial charge in [-0.05, 0) is 59.4 Å². The molecule has 2 aromatic carbocycles. The van der Waals surface area contributed by atoms with Gasteiger partial charge in [0.15, 0.2) is 0 Å². The molecule has 3 rings (SSSR count). The lowest BCUT2D eigenvalue weighted by atomic mass is 9.89. The molecule has 0 saturated heterocycles. The average molecular weight is 354 g/mol. The van der Waals surface area contributed by atoms with Crippen molar-refractivity contribution in [3.05, 3.63) is 64.3 Å². The Bertz CT molecular complexity index is 946. The highest BCUT2D eigenvalue weighted by molar-refractivity contribution is 6.30. The summed E-state index contributed by atoms with van der Waals surface area (Å²) in [6.07, 6.45) is -0.0222. The smallest absolute Gasteiger partial charge is 0.307 e. The van der Waals surface area contributed by atoms with E-state index in [2.05, 4.69) is 13.8 Å². The molecule has 0 atom stereocenters. The van der Waals surface area contributed by atoms with Crippen molar-refractivity contribution in [2.45, 2.75) is 33.1 Å². The van der Waals surface area contributed by atoms with Crippen molar-refractivity contribution < 1.29 is 9.90 Å². The number of aliphatic carboxylic acids is 1. The Kier molecular flexibility index (Phi) is 4.78. The molecule has 0 bridgehead atoms. The van der Waals surface area contributed by atoms with E-state index >= 15 is 0 Å². The van der Waals surface area contributed by atoms with Crippen LogP contribution in [-0.4, -0.2) is 16.1 Å². The number of aromatic nitrogens is 1. The zero-order valence-corrected chi connectivity index (χ0v) is 15.3. The second-order valence-electron chi connectivity index (χ2n) is 6.58. The Labute approximate surface area is 152 Å². The van der Waals surface area contributed by atoms with Gasteiger partial charge in [-0.3, -0.25) is 9.78 Å². The maximum Gasteiger partial charge on any atom is 0.307 e. The van der Waals surface area contributed by atoms with Crippen LogP contribution in [-0.2, 0) is 11.2 Å². The molecule has 0 unspecified atom stereocenters. The first-order valence-electron chi connectivity index (χ1n) is 8.27. The van der Waals surface area contributed by atoms with E-state index in [1.54, 1.807) is 0 Å². The van der Waals surface area contributed by atoms with Gasteiger partial charge in [-0.25, -0.2) is 0 Å². The number of carboxylic acids is 1. The van der Waals surface area contributed by atoms with Crippen LogP contribution in [0, 0.1) is 6.92 Å². The molecule has 128 valence electrons. The van der Waals surface area contributed by atoms with Gasteiger partial charge in [0.05, 0.1) is 11.9 Å². The molecule has 4 heteroatoms. The van der Waals surface area contributed by atoms with E-state index in [1.165, 1.54) is 0 Å². The zero-order valence-electron chi connectivity index (χ0n) is 14.5. The Morgan fingerprint density at radius 1 is 1.16 bits per heavy atom. The number of aryl methyl sites for hydroxylation is 1. The summed E-state index contributed by atoms with van der Waals surface area (Å²) in [6, 6.07) is 13.6. The van der Waals surface area contributed by atoms with Gasteiger partial charge < -0.3 is 5.11 Å². The molecule has 0 aliphatic rings. The number of carboxylic acid groups (broad SMARTS) is 1. The van der Waals surface area contributed by atoms with Crippen LogP contribution in [0.4, 0.5) is 0 Å². The highest BCUT2D eigenvalue weighted by atomic mass is 35.5. The van der Waals surface area contributed by atoms with Crippen LogP contribution in [0.2, 0.25) is 5.02 Å². The Morgan fingerprint density at radius 2 is 1.84 bits per heavy atom. The minimum atomic E-state index is -0.843. The van der Waals surface area contributed by atoms with Gasteiger partial charge in [0, 0.05) is 16.1 Å². The molecule has 25 heavy (non-hydrogen) atoms. The van der Waals surface area contributed by atoms with Crippen LogP contribution >= 0.6 is 11.6 Å². The van der Waals surface area contributed by atoms with Crippen LogP contribution in [0.15, 0.2) is 42.5 Å². The highest BCUT2D eigenvalue weighted by Gasteiger charge is 2.17. The van der Waals surface area contributed by atoms with Gasteiger partial charge in [-0.15, -0.1) is 0 Å². The van der Waals surface area contributed by atoms with E-state index < -0.39 is 5.97 Å². The molecule has 0 amide bonds. The molecular formula is C21H20ClNO2. The number of hydrogen-bond donors (Lipinski definition) is 1. The molecule has 3 aromatic rings. The summed E-state index contributed by atoms with van der Waals surface area (Å²) in [7, 11) is 0. The molecule has 0 fully saturated rings. The van der Waals surface area contributed by atoms with Crippen molar-refractivity contribution >= 4 is 28.5 Å². The second kappa shape index (κ2) is 6.85. The van der Waals surface area contributed by atoms with E-state index in [1.807, 2.05) is 49.4 Å². The van der Waals surface area contributed by atoms with Crippen LogP contribution in [0.1, 0.15) is 36.6 Å². The third kappa shape index (κ3) is 3.52. The molecule has 1 aromatic heterocycles. The minimum Gasteiger partial charge on any atom is -0.481 e. The number of carbonyl (C=O) groups is 1. The number of rotatable bonds is 4. The van der Waals surface area contributed by atoms with Gasteiger partial charge >= 0.3 is 5.97 Å². The number of nitrogens with zero attached hydrogens (tertiary/aromatic N) is 1. The first-order valence-corrected chi connectivity index (χ1v) is 8.65. The van der Waals surface area contributed by atoms with Crippen molar-refractivity contribution in [3.63, 3.8) is 0 Å². The largest absolute Gasteiger partial charge is 0.481 e. The number of halogens is 1. The molecule has 3 nitrogen and oxygen atoms in total. The Hall–Kier alpha value is -2.39.